The van der Waals surface area contributed by atoms with Gasteiger partial charge in [0, 0.05) is 6.42 Å². The van der Waals surface area contributed by atoms with Gasteiger partial charge in [0.1, 0.15) is 11.5 Å². The van der Waals surface area contributed by atoms with Crippen molar-refractivity contribution in [2.75, 3.05) is 7.11 Å². The molecular formula is C21H24O2. The molecule has 0 aliphatic heterocycles. The molecule has 0 heterocycles. The van der Waals surface area contributed by atoms with Crippen LogP contribution in [0.25, 0.3) is 5.57 Å². The van der Waals surface area contributed by atoms with Crippen molar-refractivity contribution in [1.29, 1.82) is 0 Å². The van der Waals surface area contributed by atoms with Crippen molar-refractivity contribution in [1.82, 2.24) is 0 Å². The van der Waals surface area contributed by atoms with Gasteiger partial charge in [-0.05, 0) is 84.6 Å². The summed E-state index contributed by atoms with van der Waals surface area (Å²) in [5.41, 5.74) is 8.03. The van der Waals surface area contributed by atoms with Crippen LogP contribution in [0.5, 0.6) is 5.75 Å². The Balaban J connectivity index is 1.85. The van der Waals surface area contributed by atoms with Gasteiger partial charge >= 0.3 is 0 Å². The minimum absolute atomic E-state index is 0.196. The standard InChI is InChI=1S/C21H24O2/c1-4-21-9-8-15-16-10-13(2)19(23-3)12-14(16)11-17(15)18(21)6-5-7-20(21)22/h6,10,12H,4-5,7-9,11H2,1-3H3/t21-/m0/s1. The molecule has 1 aromatic rings. The van der Waals surface area contributed by atoms with E-state index in [2.05, 4.69) is 32.1 Å². The topological polar surface area (TPSA) is 26.3 Å². The fourth-order valence-electron chi connectivity index (χ4n) is 4.90. The van der Waals surface area contributed by atoms with Crippen LogP contribution in [0.3, 0.4) is 0 Å². The number of carbonyl (C=O) groups is 1. The van der Waals surface area contributed by atoms with E-state index in [1.54, 1.807) is 7.11 Å². The van der Waals surface area contributed by atoms with Crippen molar-refractivity contribution in [2.45, 2.75) is 52.4 Å². The molecule has 1 aromatic carbocycles. The van der Waals surface area contributed by atoms with E-state index in [1.165, 1.54) is 33.4 Å². The quantitative estimate of drug-likeness (QED) is 0.785. The third-order valence-electron chi connectivity index (χ3n) is 6.18. The molecule has 0 radical (unpaired) electrons. The molecule has 120 valence electrons. The molecule has 0 aromatic heterocycles. The second kappa shape index (κ2) is 5.09. The van der Waals surface area contributed by atoms with Crippen molar-refractivity contribution < 1.29 is 9.53 Å². The van der Waals surface area contributed by atoms with Gasteiger partial charge in [-0.2, -0.15) is 0 Å². The Morgan fingerprint density at radius 1 is 1.22 bits per heavy atom. The molecule has 4 rings (SSSR count). The third-order valence-corrected chi connectivity index (χ3v) is 6.18. The second-order valence-corrected chi connectivity index (χ2v) is 7.13. The molecule has 0 fully saturated rings. The third kappa shape index (κ3) is 1.90. The number of ketones is 1. The monoisotopic (exact) mass is 308 g/mol. The normalized spacial score (nSPS) is 25.7. The number of benzene rings is 1. The molecule has 0 unspecified atom stereocenters. The summed E-state index contributed by atoms with van der Waals surface area (Å²) in [6.07, 6.45) is 7.90. The second-order valence-electron chi connectivity index (χ2n) is 7.13. The first-order chi connectivity index (χ1) is 11.1. The van der Waals surface area contributed by atoms with Crippen molar-refractivity contribution in [2.24, 2.45) is 5.41 Å². The minimum Gasteiger partial charge on any atom is -0.496 e. The Morgan fingerprint density at radius 2 is 2.04 bits per heavy atom. The first kappa shape index (κ1) is 14.7. The molecule has 2 heteroatoms. The highest BCUT2D eigenvalue weighted by Crippen LogP contribution is 2.55. The van der Waals surface area contributed by atoms with Crippen molar-refractivity contribution in [3.63, 3.8) is 0 Å². The summed E-state index contributed by atoms with van der Waals surface area (Å²) in [4.78, 5) is 12.7. The molecule has 1 atom stereocenters. The Hall–Kier alpha value is -1.83. The van der Waals surface area contributed by atoms with Gasteiger partial charge < -0.3 is 4.74 Å². The van der Waals surface area contributed by atoms with Gasteiger partial charge in [-0.3, -0.25) is 4.79 Å². The van der Waals surface area contributed by atoms with E-state index in [4.69, 9.17) is 4.74 Å². The van der Waals surface area contributed by atoms with Crippen LogP contribution in [0.4, 0.5) is 0 Å². The number of Topliss-reactive ketones (excluding diaryl/α,β-unsaturated/α-hetero) is 1. The zero-order chi connectivity index (χ0) is 16.2. The predicted octanol–water partition coefficient (Wildman–Crippen LogP) is 4.79. The van der Waals surface area contributed by atoms with Crippen LogP contribution < -0.4 is 4.74 Å². The lowest BCUT2D eigenvalue weighted by molar-refractivity contribution is -0.127. The number of ether oxygens (including phenoxy) is 1. The maximum atomic E-state index is 12.7. The molecule has 3 aliphatic rings. The van der Waals surface area contributed by atoms with E-state index in [-0.39, 0.29) is 5.41 Å². The number of rotatable bonds is 2. The number of hydrogen-bond acceptors (Lipinski definition) is 2. The molecule has 0 bridgehead atoms. The smallest absolute Gasteiger partial charge is 0.143 e. The van der Waals surface area contributed by atoms with E-state index in [9.17, 15) is 4.79 Å². The first-order valence-electron chi connectivity index (χ1n) is 8.75. The highest BCUT2D eigenvalue weighted by Gasteiger charge is 2.47. The molecule has 2 nitrogen and oxygen atoms in total. The minimum atomic E-state index is -0.196. The average Bonchev–Trinajstić information content (AvgIpc) is 2.92. The van der Waals surface area contributed by atoms with Gasteiger partial charge in [-0.1, -0.05) is 13.0 Å². The van der Waals surface area contributed by atoms with Crippen LogP contribution in [-0.2, 0) is 11.2 Å². The molecule has 0 saturated carbocycles. The summed E-state index contributed by atoms with van der Waals surface area (Å²) < 4.78 is 5.50. The molecule has 0 saturated heterocycles. The number of aryl methyl sites for hydroxylation is 1. The van der Waals surface area contributed by atoms with Crippen molar-refractivity contribution in [3.05, 3.63) is 46.0 Å². The van der Waals surface area contributed by atoms with Crippen molar-refractivity contribution in [3.8, 4) is 5.75 Å². The Labute approximate surface area is 138 Å². The molecule has 0 N–H and O–H groups in total. The van der Waals surface area contributed by atoms with E-state index in [0.29, 0.717) is 5.78 Å². The molecule has 23 heavy (non-hydrogen) atoms. The summed E-state index contributed by atoms with van der Waals surface area (Å²) >= 11 is 0. The van der Waals surface area contributed by atoms with Crippen LogP contribution in [-0.4, -0.2) is 12.9 Å². The number of allylic oxidation sites excluding steroid dienone is 4. The largest absolute Gasteiger partial charge is 0.496 e. The number of fused-ring (bicyclic) bond motifs is 4. The Morgan fingerprint density at radius 3 is 2.78 bits per heavy atom. The summed E-state index contributed by atoms with van der Waals surface area (Å²) in [7, 11) is 1.74. The molecule has 0 amide bonds. The Kier molecular flexibility index (Phi) is 3.26. The van der Waals surface area contributed by atoms with Gasteiger partial charge in [-0.15, -0.1) is 0 Å². The maximum absolute atomic E-state index is 12.7. The van der Waals surface area contributed by atoms with Crippen LogP contribution in [0.15, 0.2) is 29.4 Å². The van der Waals surface area contributed by atoms with Crippen LogP contribution in [0, 0.1) is 12.3 Å². The van der Waals surface area contributed by atoms with Crippen LogP contribution in [0.1, 0.15) is 55.7 Å². The number of hydrogen-bond donors (Lipinski definition) is 0. The van der Waals surface area contributed by atoms with Gasteiger partial charge in [0.15, 0.2) is 0 Å². The summed E-state index contributed by atoms with van der Waals surface area (Å²) in [6.45, 7) is 4.29. The van der Waals surface area contributed by atoms with E-state index in [0.717, 1.165) is 44.3 Å². The van der Waals surface area contributed by atoms with Crippen LogP contribution >= 0.6 is 0 Å². The zero-order valence-corrected chi connectivity index (χ0v) is 14.3. The van der Waals surface area contributed by atoms with E-state index < -0.39 is 0 Å². The highest BCUT2D eigenvalue weighted by atomic mass is 16.5. The van der Waals surface area contributed by atoms with E-state index >= 15 is 0 Å². The number of methoxy groups -OCH3 is 1. The van der Waals surface area contributed by atoms with Gasteiger partial charge in [0.25, 0.3) is 0 Å². The zero-order valence-electron chi connectivity index (χ0n) is 14.3. The fourth-order valence-corrected chi connectivity index (χ4v) is 4.90. The average molecular weight is 308 g/mol. The Bertz CT molecular complexity index is 766. The van der Waals surface area contributed by atoms with Crippen molar-refractivity contribution >= 4 is 11.4 Å². The molecular weight excluding hydrogens is 284 g/mol. The van der Waals surface area contributed by atoms with Crippen LogP contribution in [0.2, 0.25) is 0 Å². The lowest BCUT2D eigenvalue weighted by atomic mass is 9.61. The van der Waals surface area contributed by atoms with Gasteiger partial charge in [-0.25, -0.2) is 0 Å². The lowest BCUT2D eigenvalue weighted by Crippen LogP contribution is -2.37. The number of carbonyl (C=O) groups excluding carboxylic acids is 1. The highest BCUT2D eigenvalue weighted by molar-refractivity contribution is 5.95. The van der Waals surface area contributed by atoms with Gasteiger partial charge in [0.05, 0.1) is 12.5 Å². The molecule has 3 aliphatic carbocycles. The maximum Gasteiger partial charge on any atom is 0.143 e. The van der Waals surface area contributed by atoms with Gasteiger partial charge in [0.2, 0.25) is 0 Å². The lowest BCUT2D eigenvalue weighted by Gasteiger charge is -2.41. The summed E-state index contributed by atoms with van der Waals surface area (Å²) in [5, 5.41) is 0. The predicted molar refractivity (Wildman–Crippen MR) is 92.6 cm³/mol. The summed E-state index contributed by atoms with van der Waals surface area (Å²) in [5.74, 6) is 1.44. The SMILES string of the molecule is CC[C@]12CCC3=C(Cc4cc(OC)c(C)cc43)C1=CCCC2=O. The first-order valence-corrected chi connectivity index (χ1v) is 8.75. The summed E-state index contributed by atoms with van der Waals surface area (Å²) in [6, 6.07) is 4.47. The molecule has 0 spiro atoms. The van der Waals surface area contributed by atoms with E-state index in [1.807, 2.05) is 0 Å². The fraction of sp³-hybridized carbons (Fsp3) is 0.476.